The lowest BCUT2D eigenvalue weighted by Gasteiger charge is -2.37. The van der Waals surface area contributed by atoms with E-state index in [1.807, 2.05) is 0 Å². The van der Waals surface area contributed by atoms with Gasteiger partial charge in [-0.05, 0) is 31.4 Å². The van der Waals surface area contributed by atoms with Crippen LogP contribution in [0.5, 0.6) is 0 Å². The van der Waals surface area contributed by atoms with E-state index in [4.69, 9.17) is 0 Å². The molecule has 0 heterocycles. The minimum atomic E-state index is 0.146. The van der Waals surface area contributed by atoms with E-state index in [0.29, 0.717) is 6.04 Å². The first-order chi connectivity index (χ1) is 8.66. The van der Waals surface area contributed by atoms with Crippen molar-refractivity contribution < 1.29 is 0 Å². The third-order valence-corrected chi connectivity index (χ3v) is 4.09. The Hall–Kier alpha value is -1.08. The van der Waals surface area contributed by atoms with E-state index in [2.05, 4.69) is 62.5 Å². The van der Waals surface area contributed by atoms with Crippen LogP contribution in [0.1, 0.15) is 45.6 Å². The van der Waals surface area contributed by atoms with Crippen LogP contribution in [0.2, 0.25) is 0 Å². The van der Waals surface area contributed by atoms with Crippen LogP contribution in [0.3, 0.4) is 0 Å². The monoisotopic (exact) mass is 243 g/mol. The van der Waals surface area contributed by atoms with Gasteiger partial charge in [-0.25, -0.2) is 0 Å². The van der Waals surface area contributed by atoms with Gasteiger partial charge in [-0.3, -0.25) is 0 Å². The molecule has 2 rings (SSSR count). The number of likely N-dealkylation sites (N-methyl/N-ethyl adjacent to an activating group) is 1. The molecule has 98 valence electrons. The van der Waals surface area contributed by atoms with E-state index in [-0.39, 0.29) is 5.41 Å². The summed E-state index contributed by atoms with van der Waals surface area (Å²) >= 11 is 0. The predicted molar refractivity (Wildman–Crippen MR) is 78.9 cm³/mol. The summed E-state index contributed by atoms with van der Waals surface area (Å²) in [7, 11) is 0. The van der Waals surface area contributed by atoms with Gasteiger partial charge in [0.05, 0.1) is 0 Å². The van der Waals surface area contributed by atoms with Crippen LogP contribution >= 0.6 is 0 Å². The number of nitrogens with one attached hydrogen (secondary N) is 1. The Morgan fingerprint density at radius 2 is 1.94 bits per heavy atom. The van der Waals surface area contributed by atoms with Crippen molar-refractivity contribution in [2.75, 3.05) is 6.54 Å². The number of allylic oxidation sites excluding steroid dienone is 1. The van der Waals surface area contributed by atoms with Gasteiger partial charge in [0.2, 0.25) is 0 Å². The van der Waals surface area contributed by atoms with Crippen molar-refractivity contribution in [3.05, 3.63) is 47.5 Å². The molecule has 0 spiro atoms. The highest BCUT2D eigenvalue weighted by atomic mass is 14.9. The molecule has 1 atom stereocenters. The Labute approximate surface area is 111 Å². The summed E-state index contributed by atoms with van der Waals surface area (Å²) in [5.41, 5.74) is 3.17. The molecule has 1 heteroatoms. The third-order valence-electron chi connectivity index (χ3n) is 4.09. The van der Waals surface area contributed by atoms with Crippen molar-refractivity contribution in [2.24, 2.45) is 0 Å². The smallest absolute Gasteiger partial charge is 0.0371 e. The first kappa shape index (κ1) is 13.4. The van der Waals surface area contributed by atoms with Crippen molar-refractivity contribution in [3.8, 4) is 0 Å². The summed E-state index contributed by atoms with van der Waals surface area (Å²) in [5.74, 6) is 0. The van der Waals surface area contributed by atoms with Gasteiger partial charge in [-0.2, -0.15) is 0 Å². The van der Waals surface area contributed by atoms with Crippen molar-refractivity contribution in [3.63, 3.8) is 0 Å². The Balaban J connectivity index is 2.29. The Kier molecular flexibility index (Phi) is 4.23. The van der Waals surface area contributed by atoms with Crippen molar-refractivity contribution in [1.82, 2.24) is 5.32 Å². The predicted octanol–water partition coefficient (Wildman–Crippen LogP) is 4.05. The van der Waals surface area contributed by atoms with Gasteiger partial charge in [0.15, 0.2) is 0 Å². The third kappa shape index (κ3) is 2.67. The molecule has 1 N–H and O–H groups in total. The summed E-state index contributed by atoms with van der Waals surface area (Å²) in [4.78, 5) is 0. The zero-order valence-electron chi connectivity index (χ0n) is 11.9. The number of hydrogen-bond donors (Lipinski definition) is 1. The second-order valence-electron chi connectivity index (χ2n) is 5.75. The molecule has 0 saturated heterocycles. The topological polar surface area (TPSA) is 12.0 Å². The van der Waals surface area contributed by atoms with Crippen LogP contribution in [-0.4, -0.2) is 12.6 Å². The van der Waals surface area contributed by atoms with E-state index >= 15 is 0 Å². The normalized spacial score (nSPS) is 17.6. The van der Waals surface area contributed by atoms with Gasteiger partial charge in [0.1, 0.15) is 0 Å². The maximum absolute atomic E-state index is 3.70. The van der Waals surface area contributed by atoms with Crippen molar-refractivity contribution in [2.45, 2.75) is 51.5 Å². The molecule has 0 bridgehead atoms. The van der Waals surface area contributed by atoms with Crippen LogP contribution in [0, 0.1) is 0 Å². The van der Waals surface area contributed by atoms with Crippen LogP contribution < -0.4 is 5.32 Å². The minimum absolute atomic E-state index is 0.146. The summed E-state index contributed by atoms with van der Waals surface area (Å²) < 4.78 is 0. The zero-order valence-corrected chi connectivity index (χ0v) is 11.9. The summed E-state index contributed by atoms with van der Waals surface area (Å²) in [6.07, 6.45) is 6.27. The molecular formula is C17H25N. The van der Waals surface area contributed by atoms with Crippen LogP contribution in [-0.2, 0) is 5.41 Å². The van der Waals surface area contributed by atoms with Gasteiger partial charge < -0.3 is 5.32 Å². The van der Waals surface area contributed by atoms with Crippen molar-refractivity contribution >= 4 is 0 Å². The molecule has 1 aromatic carbocycles. The largest absolute Gasteiger partial charge is 0.310 e. The zero-order chi connectivity index (χ0) is 13.0. The molecule has 18 heavy (non-hydrogen) atoms. The van der Waals surface area contributed by atoms with E-state index in [1.54, 1.807) is 5.57 Å². The van der Waals surface area contributed by atoms with E-state index in [9.17, 15) is 0 Å². The van der Waals surface area contributed by atoms with Gasteiger partial charge in [0.25, 0.3) is 0 Å². The second-order valence-corrected chi connectivity index (χ2v) is 5.75. The molecule has 0 saturated carbocycles. The fraction of sp³-hybridized carbons (Fsp3) is 0.529. The molecule has 1 aliphatic rings. The lowest BCUT2D eigenvalue weighted by atomic mass is 9.74. The molecule has 1 aliphatic carbocycles. The average Bonchev–Trinajstić information content (AvgIpc) is 2.90. The molecule has 0 aromatic heterocycles. The van der Waals surface area contributed by atoms with Crippen LogP contribution in [0.25, 0.3) is 0 Å². The lowest BCUT2D eigenvalue weighted by Crippen LogP contribution is -2.45. The Morgan fingerprint density at radius 3 is 2.50 bits per heavy atom. The fourth-order valence-electron chi connectivity index (χ4n) is 3.05. The molecule has 1 unspecified atom stereocenters. The SMILES string of the molecule is CCNC(C1=CCCC1)C(C)(C)c1ccccc1. The summed E-state index contributed by atoms with van der Waals surface area (Å²) in [6.45, 7) is 7.94. The molecule has 1 nitrogen and oxygen atoms in total. The number of rotatable bonds is 5. The van der Waals surface area contributed by atoms with Crippen LogP contribution in [0.4, 0.5) is 0 Å². The van der Waals surface area contributed by atoms with Gasteiger partial charge in [-0.15, -0.1) is 0 Å². The quantitative estimate of drug-likeness (QED) is 0.769. The average molecular weight is 243 g/mol. The summed E-state index contributed by atoms with van der Waals surface area (Å²) in [6, 6.07) is 11.3. The van der Waals surface area contributed by atoms with Gasteiger partial charge >= 0.3 is 0 Å². The highest BCUT2D eigenvalue weighted by molar-refractivity contribution is 5.32. The molecule has 0 aliphatic heterocycles. The van der Waals surface area contributed by atoms with Gasteiger partial charge in [0, 0.05) is 11.5 Å². The highest BCUT2D eigenvalue weighted by Crippen LogP contribution is 2.34. The Bertz CT molecular complexity index is 403. The highest BCUT2D eigenvalue weighted by Gasteiger charge is 2.33. The molecule has 0 radical (unpaired) electrons. The molecular weight excluding hydrogens is 218 g/mol. The molecule has 1 aromatic rings. The van der Waals surface area contributed by atoms with E-state index < -0.39 is 0 Å². The number of benzene rings is 1. The maximum Gasteiger partial charge on any atom is 0.0371 e. The molecule has 0 fully saturated rings. The standard InChI is InChI=1S/C17H25N/c1-4-18-16(14-10-8-9-11-14)17(2,3)15-12-6-5-7-13-15/h5-7,10,12-13,16,18H,4,8-9,11H2,1-3H3. The molecule has 0 amide bonds. The first-order valence-corrected chi connectivity index (χ1v) is 7.14. The van der Waals surface area contributed by atoms with Crippen LogP contribution in [0.15, 0.2) is 42.0 Å². The lowest BCUT2D eigenvalue weighted by molar-refractivity contribution is 0.380. The number of hydrogen-bond acceptors (Lipinski definition) is 1. The maximum atomic E-state index is 3.70. The van der Waals surface area contributed by atoms with E-state index in [0.717, 1.165) is 6.54 Å². The van der Waals surface area contributed by atoms with E-state index in [1.165, 1.54) is 24.8 Å². The van der Waals surface area contributed by atoms with Crippen molar-refractivity contribution in [1.29, 1.82) is 0 Å². The second kappa shape index (κ2) is 5.71. The first-order valence-electron chi connectivity index (χ1n) is 7.14. The summed E-state index contributed by atoms with van der Waals surface area (Å²) in [5, 5.41) is 3.70. The fourth-order valence-corrected chi connectivity index (χ4v) is 3.05. The van der Waals surface area contributed by atoms with Gasteiger partial charge in [-0.1, -0.05) is 62.8 Å². The Morgan fingerprint density at radius 1 is 1.22 bits per heavy atom. The minimum Gasteiger partial charge on any atom is -0.310 e.